The van der Waals surface area contributed by atoms with Crippen LogP contribution in [0, 0.1) is 6.92 Å². The summed E-state index contributed by atoms with van der Waals surface area (Å²) < 4.78 is 38.4. The summed E-state index contributed by atoms with van der Waals surface area (Å²) in [4.78, 5) is 8.51. The summed E-state index contributed by atoms with van der Waals surface area (Å²) in [6.07, 6.45) is -1.25. The molecule has 0 aliphatic carbocycles. The molecule has 0 N–H and O–H groups in total. The van der Waals surface area contributed by atoms with Crippen molar-refractivity contribution in [2.75, 3.05) is 0 Å². The first-order valence-corrected chi connectivity index (χ1v) is 8.58. The monoisotopic (exact) mass is 360 g/mol. The van der Waals surface area contributed by atoms with Crippen LogP contribution in [0.5, 0.6) is 0 Å². The highest BCUT2D eigenvalue weighted by atomic mass is 32.2. The van der Waals surface area contributed by atoms with Gasteiger partial charge in [0.05, 0.1) is 5.56 Å². The van der Waals surface area contributed by atoms with Crippen molar-refractivity contribution < 1.29 is 13.2 Å². The van der Waals surface area contributed by atoms with Gasteiger partial charge in [-0.2, -0.15) is 13.2 Å². The fourth-order valence-corrected chi connectivity index (χ4v) is 3.09. The Morgan fingerprint density at radius 2 is 1.64 bits per heavy atom. The lowest BCUT2D eigenvalue weighted by Gasteiger charge is -2.08. The molecule has 0 saturated heterocycles. The smallest absolute Gasteiger partial charge is 0.230 e. The molecule has 0 aliphatic rings. The Morgan fingerprint density at radius 3 is 2.32 bits per heavy atom. The normalized spacial score (nSPS) is 11.5. The van der Waals surface area contributed by atoms with Gasteiger partial charge < -0.3 is 0 Å². The molecule has 1 heterocycles. The van der Waals surface area contributed by atoms with Crippen LogP contribution in [0.4, 0.5) is 13.2 Å². The second kappa shape index (κ2) is 7.27. The molecule has 3 aromatic rings. The van der Waals surface area contributed by atoms with Gasteiger partial charge in [-0.25, -0.2) is 9.97 Å². The van der Waals surface area contributed by atoms with Crippen LogP contribution in [0.2, 0.25) is 0 Å². The van der Waals surface area contributed by atoms with Crippen molar-refractivity contribution in [3.8, 4) is 11.1 Å². The molecule has 2 nitrogen and oxygen atoms in total. The summed E-state index contributed by atoms with van der Waals surface area (Å²) in [6.45, 7) is 2.04. The van der Waals surface area contributed by atoms with Crippen LogP contribution in [0.3, 0.4) is 0 Å². The highest BCUT2D eigenvalue weighted by molar-refractivity contribution is 7.98. The van der Waals surface area contributed by atoms with Crippen LogP contribution < -0.4 is 0 Å². The van der Waals surface area contributed by atoms with E-state index in [-0.39, 0.29) is 0 Å². The zero-order valence-electron chi connectivity index (χ0n) is 13.4. The number of hydrogen-bond donors (Lipinski definition) is 0. The van der Waals surface area contributed by atoms with E-state index in [0.29, 0.717) is 16.3 Å². The molecule has 0 bridgehead atoms. The number of halogens is 3. The highest BCUT2D eigenvalue weighted by Crippen LogP contribution is 2.32. The zero-order chi connectivity index (χ0) is 17.9. The lowest BCUT2D eigenvalue weighted by molar-refractivity contribution is -0.137. The largest absolute Gasteiger partial charge is 0.416 e. The van der Waals surface area contributed by atoms with Gasteiger partial charge in [-0.1, -0.05) is 53.7 Å². The maximum atomic E-state index is 12.8. The van der Waals surface area contributed by atoms with Gasteiger partial charge in [0.15, 0.2) is 5.16 Å². The third-order valence-corrected chi connectivity index (χ3v) is 4.55. The standard InChI is InChI=1S/C19H15F3N2S/c1-13-4-2-5-14(8-13)12-25-18-23-10-16(11-24-18)15-6-3-7-17(9-15)19(20,21)22/h2-11H,12H2,1H3. The minimum atomic E-state index is -4.36. The number of rotatable bonds is 4. The molecule has 0 fully saturated rings. The third-order valence-electron chi connectivity index (χ3n) is 3.60. The van der Waals surface area contributed by atoms with Gasteiger partial charge in [0.1, 0.15) is 0 Å². The predicted molar refractivity (Wildman–Crippen MR) is 93.2 cm³/mol. The first kappa shape index (κ1) is 17.5. The van der Waals surface area contributed by atoms with Crippen molar-refractivity contribution in [1.29, 1.82) is 0 Å². The van der Waals surface area contributed by atoms with E-state index in [1.165, 1.54) is 29.0 Å². The van der Waals surface area contributed by atoms with E-state index in [9.17, 15) is 13.2 Å². The van der Waals surface area contributed by atoms with Crippen LogP contribution in [-0.4, -0.2) is 9.97 Å². The van der Waals surface area contributed by atoms with E-state index in [4.69, 9.17) is 0 Å². The van der Waals surface area contributed by atoms with Crippen molar-refractivity contribution in [2.24, 2.45) is 0 Å². The lowest BCUT2D eigenvalue weighted by atomic mass is 10.1. The van der Waals surface area contributed by atoms with Gasteiger partial charge in [0.2, 0.25) is 0 Å². The van der Waals surface area contributed by atoms with Crippen molar-refractivity contribution in [2.45, 2.75) is 24.0 Å². The Kier molecular flexibility index (Phi) is 5.08. The fraction of sp³-hybridized carbons (Fsp3) is 0.158. The number of benzene rings is 2. The summed E-state index contributed by atoms with van der Waals surface area (Å²) in [5.41, 5.74) is 2.70. The Hall–Kier alpha value is -2.34. The molecule has 3 rings (SSSR count). The fourth-order valence-electron chi connectivity index (χ4n) is 2.36. The molecule has 6 heteroatoms. The number of nitrogens with zero attached hydrogens (tertiary/aromatic N) is 2. The topological polar surface area (TPSA) is 25.8 Å². The van der Waals surface area contributed by atoms with E-state index >= 15 is 0 Å². The average Bonchev–Trinajstić information content (AvgIpc) is 2.60. The van der Waals surface area contributed by atoms with Gasteiger partial charge in [-0.3, -0.25) is 0 Å². The van der Waals surface area contributed by atoms with Gasteiger partial charge in [-0.15, -0.1) is 0 Å². The molecule has 0 amide bonds. The lowest BCUT2D eigenvalue weighted by Crippen LogP contribution is -2.04. The molecule has 0 atom stereocenters. The minimum Gasteiger partial charge on any atom is -0.230 e. The molecule has 128 valence electrons. The SMILES string of the molecule is Cc1cccc(CSc2ncc(-c3cccc(C(F)(F)F)c3)cn2)c1. The number of alkyl halides is 3. The first-order valence-electron chi connectivity index (χ1n) is 7.60. The molecular weight excluding hydrogens is 345 g/mol. The van der Waals surface area contributed by atoms with Gasteiger partial charge in [0.25, 0.3) is 0 Å². The molecular formula is C19H15F3N2S. The van der Waals surface area contributed by atoms with Gasteiger partial charge in [-0.05, 0) is 30.2 Å². The predicted octanol–water partition coefficient (Wildman–Crippen LogP) is 5.76. The van der Waals surface area contributed by atoms with Crippen molar-refractivity contribution >= 4 is 11.8 Å². The number of hydrogen-bond acceptors (Lipinski definition) is 3. The summed E-state index contributed by atoms with van der Waals surface area (Å²) in [5.74, 6) is 0.741. The Bertz CT molecular complexity index is 861. The molecule has 0 radical (unpaired) electrons. The second-order valence-electron chi connectivity index (χ2n) is 5.61. The second-order valence-corrected chi connectivity index (χ2v) is 6.55. The van der Waals surface area contributed by atoms with E-state index in [1.807, 2.05) is 25.1 Å². The Balaban J connectivity index is 1.72. The summed E-state index contributed by atoms with van der Waals surface area (Å²) in [5, 5.41) is 0.595. The Labute approximate surface area is 148 Å². The van der Waals surface area contributed by atoms with Crippen LogP contribution in [-0.2, 0) is 11.9 Å². The summed E-state index contributed by atoms with van der Waals surface area (Å²) >= 11 is 1.49. The van der Waals surface area contributed by atoms with Gasteiger partial charge >= 0.3 is 6.18 Å². The van der Waals surface area contributed by atoms with Crippen LogP contribution >= 0.6 is 11.8 Å². The van der Waals surface area contributed by atoms with E-state index in [0.717, 1.165) is 17.9 Å². The summed E-state index contributed by atoms with van der Waals surface area (Å²) in [6, 6.07) is 13.3. The molecule has 0 aliphatic heterocycles. The van der Waals surface area contributed by atoms with Crippen molar-refractivity contribution in [3.05, 3.63) is 77.6 Å². The maximum Gasteiger partial charge on any atom is 0.416 e. The van der Waals surface area contributed by atoms with Crippen molar-refractivity contribution in [1.82, 2.24) is 9.97 Å². The maximum absolute atomic E-state index is 12.8. The summed E-state index contributed by atoms with van der Waals surface area (Å²) in [7, 11) is 0. The van der Waals surface area contributed by atoms with Crippen LogP contribution in [0.15, 0.2) is 66.1 Å². The molecule has 0 saturated carbocycles. The third kappa shape index (κ3) is 4.60. The van der Waals surface area contributed by atoms with E-state index in [1.54, 1.807) is 18.5 Å². The number of aromatic nitrogens is 2. The molecule has 0 spiro atoms. The van der Waals surface area contributed by atoms with Crippen LogP contribution in [0.1, 0.15) is 16.7 Å². The molecule has 1 aromatic heterocycles. The quantitative estimate of drug-likeness (QED) is 0.437. The minimum absolute atomic E-state index is 0.449. The highest BCUT2D eigenvalue weighted by Gasteiger charge is 2.30. The van der Waals surface area contributed by atoms with Crippen LogP contribution in [0.25, 0.3) is 11.1 Å². The van der Waals surface area contributed by atoms with E-state index in [2.05, 4.69) is 16.0 Å². The molecule has 25 heavy (non-hydrogen) atoms. The van der Waals surface area contributed by atoms with Crippen molar-refractivity contribution in [3.63, 3.8) is 0 Å². The zero-order valence-corrected chi connectivity index (χ0v) is 14.2. The number of aryl methyl sites for hydroxylation is 1. The number of thioether (sulfide) groups is 1. The molecule has 2 aromatic carbocycles. The first-order chi connectivity index (χ1) is 11.9. The molecule has 0 unspecified atom stereocenters. The average molecular weight is 360 g/mol. The van der Waals surface area contributed by atoms with Gasteiger partial charge in [0, 0.05) is 23.7 Å². The Morgan fingerprint density at radius 1 is 0.920 bits per heavy atom. The van der Waals surface area contributed by atoms with E-state index < -0.39 is 11.7 Å².